The van der Waals surface area contributed by atoms with Crippen LogP contribution < -0.4 is 0 Å². The molecule has 1 aromatic heterocycles. The van der Waals surface area contributed by atoms with Crippen LogP contribution in [0.15, 0.2) is 22.8 Å². The van der Waals surface area contributed by atoms with E-state index in [1.165, 1.54) is 0 Å². The monoisotopic (exact) mass is 326 g/mol. The van der Waals surface area contributed by atoms with Crippen LogP contribution in [0.1, 0.15) is 23.8 Å². The van der Waals surface area contributed by atoms with Crippen molar-refractivity contribution in [2.75, 3.05) is 13.1 Å². The predicted octanol–water partition coefficient (Wildman–Crippen LogP) is 2.03. The number of nitrogens with zero attached hydrogens (tertiary/aromatic N) is 2. The summed E-state index contributed by atoms with van der Waals surface area (Å²) >= 11 is 3.26. The summed E-state index contributed by atoms with van der Waals surface area (Å²) < 4.78 is 0.805. The Balaban J connectivity index is 2.14. The number of amides is 1. The van der Waals surface area contributed by atoms with E-state index in [1.54, 1.807) is 23.2 Å². The van der Waals surface area contributed by atoms with Gasteiger partial charge in [0.15, 0.2) is 0 Å². The number of carboxylic acids is 1. The predicted molar refractivity (Wildman–Crippen MR) is 72.7 cm³/mol. The van der Waals surface area contributed by atoms with Crippen LogP contribution in [0.3, 0.4) is 0 Å². The van der Waals surface area contributed by atoms with E-state index in [-0.39, 0.29) is 18.4 Å². The van der Waals surface area contributed by atoms with Crippen molar-refractivity contribution in [3.8, 4) is 0 Å². The standard InChI is InChI=1S/C13H15BrN2O3/c1-8-4-9(13(18)19)7-16(6-8)12(17)11-3-2-10(14)5-15-11/h2-3,5,8-9H,4,6-7H2,1H3,(H,18,19). The first-order valence-electron chi connectivity index (χ1n) is 6.11. The summed E-state index contributed by atoms with van der Waals surface area (Å²) in [4.78, 5) is 29.0. The summed E-state index contributed by atoms with van der Waals surface area (Å²) in [5.41, 5.74) is 0.349. The maximum Gasteiger partial charge on any atom is 0.308 e. The van der Waals surface area contributed by atoms with E-state index in [2.05, 4.69) is 20.9 Å². The van der Waals surface area contributed by atoms with E-state index in [9.17, 15) is 9.59 Å². The van der Waals surface area contributed by atoms with Crippen LogP contribution in [-0.4, -0.2) is 40.0 Å². The minimum atomic E-state index is -0.840. The average Bonchev–Trinajstić information content (AvgIpc) is 2.38. The molecular formula is C13H15BrN2O3. The number of carbonyl (C=O) groups is 2. The highest BCUT2D eigenvalue weighted by Crippen LogP contribution is 2.23. The molecule has 102 valence electrons. The molecule has 1 aromatic rings. The van der Waals surface area contributed by atoms with Crippen molar-refractivity contribution in [3.05, 3.63) is 28.5 Å². The summed E-state index contributed by atoms with van der Waals surface area (Å²) in [6.07, 6.45) is 2.18. The van der Waals surface area contributed by atoms with Gasteiger partial charge >= 0.3 is 5.97 Å². The minimum absolute atomic E-state index is 0.189. The van der Waals surface area contributed by atoms with Gasteiger partial charge in [-0.25, -0.2) is 4.98 Å². The molecule has 5 nitrogen and oxygen atoms in total. The summed E-state index contributed by atoms with van der Waals surface area (Å²) in [7, 11) is 0. The number of piperidine rings is 1. The Morgan fingerprint density at radius 1 is 1.42 bits per heavy atom. The fraction of sp³-hybridized carbons (Fsp3) is 0.462. The molecule has 0 aromatic carbocycles. The molecule has 0 aliphatic carbocycles. The molecule has 2 rings (SSSR count). The topological polar surface area (TPSA) is 70.5 Å². The summed E-state index contributed by atoms with van der Waals surface area (Å²) in [5.74, 6) is -1.34. The molecular weight excluding hydrogens is 312 g/mol. The molecule has 19 heavy (non-hydrogen) atoms. The molecule has 1 amide bonds. The van der Waals surface area contributed by atoms with Crippen LogP contribution in [0, 0.1) is 11.8 Å². The number of aromatic nitrogens is 1. The van der Waals surface area contributed by atoms with Gasteiger partial charge in [-0.1, -0.05) is 6.92 Å². The summed E-state index contributed by atoms with van der Waals surface area (Å²) in [6, 6.07) is 3.39. The van der Waals surface area contributed by atoms with Gasteiger partial charge in [0.1, 0.15) is 5.69 Å². The maximum absolute atomic E-state index is 12.3. The normalized spacial score (nSPS) is 23.2. The van der Waals surface area contributed by atoms with E-state index < -0.39 is 11.9 Å². The third-order valence-electron chi connectivity index (χ3n) is 3.24. The molecule has 1 aliphatic heterocycles. The second kappa shape index (κ2) is 5.69. The molecule has 0 radical (unpaired) electrons. The number of pyridine rings is 1. The van der Waals surface area contributed by atoms with Crippen LogP contribution in [0.4, 0.5) is 0 Å². The quantitative estimate of drug-likeness (QED) is 0.902. The Kier molecular flexibility index (Phi) is 4.19. The third-order valence-corrected chi connectivity index (χ3v) is 3.71. The van der Waals surface area contributed by atoms with Gasteiger partial charge in [0, 0.05) is 23.8 Å². The highest BCUT2D eigenvalue weighted by Gasteiger charge is 2.32. The molecule has 0 saturated carbocycles. The molecule has 0 bridgehead atoms. The zero-order valence-electron chi connectivity index (χ0n) is 10.5. The Hall–Kier alpha value is -1.43. The minimum Gasteiger partial charge on any atom is -0.481 e. The van der Waals surface area contributed by atoms with E-state index in [0.717, 1.165) is 4.47 Å². The SMILES string of the molecule is CC1CC(C(=O)O)CN(C(=O)c2ccc(Br)cn2)C1. The van der Waals surface area contributed by atoms with Crippen LogP contribution in [-0.2, 0) is 4.79 Å². The Morgan fingerprint density at radius 3 is 2.74 bits per heavy atom. The van der Waals surface area contributed by atoms with Crippen molar-refractivity contribution in [1.29, 1.82) is 0 Å². The fourth-order valence-electron chi connectivity index (χ4n) is 2.36. The average molecular weight is 327 g/mol. The van der Waals surface area contributed by atoms with Crippen LogP contribution in [0.5, 0.6) is 0 Å². The number of carboxylic acid groups (broad SMARTS) is 1. The Labute approximate surface area is 119 Å². The van der Waals surface area contributed by atoms with Crippen LogP contribution in [0.2, 0.25) is 0 Å². The van der Waals surface area contributed by atoms with Crippen molar-refractivity contribution >= 4 is 27.8 Å². The summed E-state index contributed by atoms with van der Waals surface area (Å²) in [5, 5.41) is 9.10. The lowest BCUT2D eigenvalue weighted by molar-refractivity contribution is -0.143. The largest absolute Gasteiger partial charge is 0.481 e. The Bertz CT molecular complexity index is 489. The van der Waals surface area contributed by atoms with Crippen molar-refractivity contribution in [2.24, 2.45) is 11.8 Å². The first-order chi connectivity index (χ1) is 8.97. The third kappa shape index (κ3) is 3.32. The number of hydrogen-bond donors (Lipinski definition) is 1. The van der Waals surface area contributed by atoms with Crippen molar-refractivity contribution in [1.82, 2.24) is 9.88 Å². The van der Waals surface area contributed by atoms with Gasteiger partial charge in [-0.05, 0) is 40.4 Å². The van der Waals surface area contributed by atoms with Gasteiger partial charge in [0.05, 0.1) is 5.92 Å². The van der Waals surface area contributed by atoms with Crippen LogP contribution in [0.25, 0.3) is 0 Å². The van der Waals surface area contributed by atoms with Gasteiger partial charge in [-0.3, -0.25) is 9.59 Å². The Morgan fingerprint density at radius 2 is 2.16 bits per heavy atom. The van der Waals surface area contributed by atoms with E-state index >= 15 is 0 Å². The number of aliphatic carboxylic acids is 1. The summed E-state index contributed by atoms with van der Waals surface area (Å²) in [6.45, 7) is 2.81. The van der Waals surface area contributed by atoms with Gasteiger partial charge in [-0.2, -0.15) is 0 Å². The van der Waals surface area contributed by atoms with Crippen molar-refractivity contribution in [2.45, 2.75) is 13.3 Å². The van der Waals surface area contributed by atoms with Gasteiger partial charge in [0.25, 0.3) is 5.91 Å². The lowest BCUT2D eigenvalue weighted by Gasteiger charge is -2.34. The van der Waals surface area contributed by atoms with Gasteiger partial charge in [0.2, 0.25) is 0 Å². The fourth-order valence-corrected chi connectivity index (χ4v) is 2.60. The number of halogens is 1. The smallest absolute Gasteiger partial charge is 0.308 e. The van der Waals surface area contributed by atoms with Crippen molar-refractivity contribution in [3.63, 3.8) is 0 Å². The zero-order chi connectivity index (χ0) is 14.0. The molecule has 2 atom stereocenters. The lowest BCUT2D eigenvalue weighted by atomic mass is 9.90. The number of carbonyl (C=O) groups excluding carboxylic acids is 1. The molecule has 2 unspecified atom stereocenters. The molecule has 0 spiro atoms. The first kappa shape index (κ1) is 14.0. The van der Waals surface area contributed by atoms with Crippen LogP contribution >= 0.6 is 15.9 Å². The molecule has 1 saturated heterocycles. The number of likely N-dealkylation sites (tertiary alicyclic amines) is 1. The maximum atomic E-state index is 12.3. The number of hydrogen-bond acceptors (Lipinski definition) is 3. The van der Waals surface area contributed by atoms with E-state index in [1.807, 2.05) is 6.92 Å². The van der Waals surface area contributed by atoms with E-state index in [0.29, 0.717) is 18.7 Å². The molecule has 1 aliphatic rings. The van der Waals surface area contributed by atoms with E-state index in [4.69, 9.17) is 5.11 Å². The second-order valence-corrected chi connectivity index (χ2v) is 5.86. The second-order valence-electron chi connectivity index (χ2n) is 4.95. The zero-order valence-corrected chi connectivity index (χ0v) is 12.1. The molecule has 1 N–H and O–H groups in total. The highest BCUT2D eigenvalue weighted by atomic mass is 79.9. The molecule has 1 fully saturated rings. The number of rotatable bonds is 2. The first-order valence-corrected chi connectivity index (χ1v) is 6.90. The van der Waals surface area contributed by atoms with Gasteiger partial charge < -0.3 is 10.0 Å². The van der Waals surface area contributed by atoms with Crippen molar-refractivity contribution < 1.29 is 14.7 Å². The highest BCUT2D eigenvalue weighted by molar-refractivity contribution is 9.10. The molecule has 2 heterocycles. The van der Waals surface area contributed by atoms with Gasteiger partial charge in [-0.15, -0.1) is 0 Å². The molecule has 6 heteroatoms. The lowest BCUT2D eigenvalue weighted by Crippen LogP contribution is -2.45.